The fourth-order valence-corrected chi connectivity index (χ4v) is 5.69. The van der Waals surface area contributed by atoms with Gasteiger partial charge in [0.15, 0.2) is 5.60 Å². The molecule has 3 aromatic rings. The summed E-state index contributed by atoms with van der Waals surface area (Å²) < 4.78 is 6.09. The van der Waals surface area contributed by atoms with Crippen molar-refractivity contribution in [3.05, 3.63) is 102 Å². The Balaban J connectivity index is 1.35. The van der Waals surface area contributed by atoms with Crippen LogP contribution in [-0.4, -0.2) is 29.9 Å². The number of nitrogens with zero attached hydrogens (tertiary/aromatic N) is 1. The standard InChI is InChI=1S/C32H34N2O4/c35-28(23-34-27-19-11-10-18-26(27)29(30(34)36)25-16-8-5-9-17-25)38-32(20-12-2-1-3-13-21-32)31(37)33-22-24-14-6-4-7-15-24/h4-11,14-19,29H,1-3,12-13,20-23H2,(H,33,37). The highest BCUT2D eigenvalue weighted by molar-refractivity contribution is 6.09. The van der Waals surface area contributed by atoms with E-state index in [0.717, 1.165) is 48.8 Å². The minimum absolute atomic E-state index is 0.158. The Bertz CT molecular complexity index is 1270. The van der Waals surface area contributed by atoms with E-state index in [4.69, 9.17) is 4.74 Å². The number of nitrogens with one attached hydrogen (secondary N) is 1. The lowest BCUT2D eigenvalue weighted by atomic mass is 9.86. The highest BCUT2D eigenvalue weighted by Crippen LogP contribution is 2.41. The van der Waals surface area contributed by atoms with E-state index in [1.165, 1.54) is 4.90 Å². The highest BCUT2D eigenvalue weighted by atomic mass is 16.6. The number of benzene rings is 3. The van der Waals surface area contributed by atoms with Crippen LogP contribution in [0.1, 0.15) is 67.6 Å². The second-order valence-corrected chi connectivity index (χ2v) is 10.2. The average Bonchev–Trinajstić information content (AvgIpc) is 3.20. The molecule has 38 heavy (non-hydrogen) atoms. The maximum Gasteiger partial charge on any atom is 0.327 e. The first-order valence-electron chi connectivity index (χ1n) is 13.6. The van der Waals surface area contributed by atoms with Crippen molar-refractivity contribution in [1.29, 1.82) is 0 Å². The monoisotopic (exact) mass is 510 g/mol. The van der Waals surface area contributed by atoms with Gasteiger partial charge in [-0.15, -0.1) is 0 Å². The number of para-hydroxylation sites is 1. The summed E-state index contributed by atoms with van der Waals surface area (Å²) in [5.41, 5.74) is 2.23. The first-order chi connectivity index (χ1) is 18.6. The number of rotatable bonds is 7. The molecule has 1 aliphatic heterocycles. The summed E-state index contributed by atoms with van der Waals surface area (Å²) in [7, 11) is 0. The molecule has 1 atom stereocenters. The van der Waals surface area contributed by atoms with Crippen LogP contribution in [0.5, 0.6) is 0 Å². The number of hydrogen-bond donors (Lipinski definition) is 1. The molecule has 1 saturated carbocycles. The summed E-state index contributed by atoms with van der Waals surface area (Å²) in [5, 5.41) is 3.01. The normalized spacial score (nSPS) is 18.7. The molecule has 0 radical (unpaired) electrons. The molecular formula is C32H34N2O4. The molecule has 6 nitrogen and oxygen atoms in total. The van der Waals surface area contributed by atoms with E-state index >= 15 is 0 Å². The Labute approximate surface area is 224 Å². The van der Waals surface area contributed by atoms with Gasteiger partial charge in [-0.2, -0.15) is 0 Å². The molecule has 1 fully saturated rings. The Hall–Kier alpha value is -3.93. The van der Waals surface area contributed by atoms with Gasteiger partial charge in [0.1, 0.15) is 6.54 Å². The summed E-state index contributed by atoms with van der Waals surface area (Å²) in [6.45, 7) is 0.141. The molecule has 3 aromatic carbocycles. The molecule has 1 unspecified atom stereocenters. The van der Waals surface area contributed by atoms with Crippen LogP contribution < -0.4 is 10.2 Å². The van der Waals surface area contributed by atoms with E-state index in [1.54, 1.807) is 0 Å². The molecule has 0 aromatic heterocycles. The van der Waals surface area contributed by atoms with Gasteiger partial charge in [0.05, 0.1) is 5.92 Å². The summed E-state index contributed by atoms with van der Waals surface area (Å²) in [6.07, 6.45) is 5.72. The average molecular weight is 511 g/mol. The van der Waals surface area contributed by atoms with Crippen LogP contribution >= 0.6 is 0 Å². The van der Waals surface area contributed by atoms with Crippen LogP contribution in [0.25, 0.3) is 0 Å². The van der Waals surface area contributed by atoms with Crippen molar-refractivity contribution >= 4 is 23.5 Å². The third-order valence-electron chi connectivity index (χ3n) is 7.65. The summed E-state index contributed by atoms with van der Waals surface area (Å²) in [4.78, 5) is 42.1. The number of anilines is 1. The van der Waals surface area contributed by atoms with Gasteiger partial charge in [-0.3, -0.25) is 14.4 Å². The zero-order valence-electron chi connectivity index (χ0n) is 21.6. The van der Waals surface area contributed by atoms with Gasteiger partial charge in [-0.25, -0.2) is 0 Å². The van der Waals surface area contributed by atoms with E-state index in [9.17, 15) is 14.4 Å². The molecule has 1 N–H and O–H groups in total. The van der Waals surface area contributed by atoms with Crippen molar-refractivity contribution in [3.63, 3.8) is 0 Å². The fraction of sp³-hybridized carbons (Fsp3) is 0.344. The highest BCUT2D eigenvalue weighted by Gasteiger charge is 2.44. The van der Waals surface area contributed by atoms with Crippen molar-refractivity contribution in [3.8, 4) is 0 Å². The second kappa shape index (κ2) is 11.6. The van der Waals surface area contributed by atoms with E-state index in [1.807, 2.05) is 84.9 Å². The number of fused-ring (bicyclic) bond motifs is 1. The molecule has 0 saturated heterocycles. The van der Waals surface area contributed by atoms with Gasteiger partial charge in [0.2, 0.25) is 5.91 Å². The molecule has 2 aliphatic rings. The van der Waals surface area contributed by atoms with Crippen LogP contribution in [0.2, 0.25) is 0 Å². The van der Waals surface area contributed by atoms with Crippen LogP contribution in [0, 0.1) is 0 Å². The van der Waals surface area contributed by atoms with Gasteiger partial charge >= 0.3 is 5.97 Å². The van der Waals surface area contributed by atoms with Gasteiger partial charge in [0.25, 0.3) is 5.91 Å². The number of ether oxygens (including phenoxy) is 1. The van der Waals surface area contributed by atoms with Crippen LogP contribution in [0.3, 0.4) is 0 Å². The van der Waals surface area contributed by atoms with Gasteiger partial charge in [-0.05, 0) is 48.4 Å². The molecule has 5 rings (SSSR count). The maximum atomic E-state index is 13.6. The minimum atomic E-state index is -1.23. The first kappa shape index (κ1) is 25.7. The number of carbonyl (C=O) groups excluding carboxylic acids is 3. The Morgan fingerprint density at radius 2 is 1.42 bits per heavy atom. The van der Waals surface area contributed by atoms with Crippen molar-refractivity contribution < 1.29 is 19.1 Å². The zero-order valence-corrected chi connectivity index (χ0v) is 21.6. The summed E-state index contributed by atoms with van der Waals surface area (Å²) in [6, 6.07) is 26.9. The fourth-order valence-electron chi connectivity index (χ4n) is 5.69. The predicted molar refractivity (Wildman–Crippen MR) is 147 cm³/mol. The summed E-state index contributed by atoms with van der Waals surface area (Å²) in [5.74, 6) is -1.44. The molecule has 6 heteroatoms. The van der Waals surface area contributed by atoms with Crippen LogP contribution in [0.4, 0.5) is 5.69 Å². The molecule has 196 valence electrons. The van der Waals surface area contributed by atoms with Gasteiger partial charge < -0.3 is 15.0 Å². The minimum Gasteiger partial charge on any atom is -0.448 e. The summed E-state index contributed by atoms with van der Waals surface area (Å²) >= 11 is 0. The largest absolute Gasteiger partial charge is 0.448 e. The lowest BCUT2D eigenvalue weighted by molar-refractivity contribution is -0.170. The van der Waals surface area contributed by atoms with E-state index < -0.39 is 17.5 Å². The quantitative estimate of drug-likeness (QED) is 0.426. The third kappa shape index (κ3) is 5.49. The van der Waals surface area contributed by atoms with Crippen molar-refractivity contribution in [1.82, 2.24) is 5.32 Å². The maximum absolute atomic E-state index is 13.6. The van der Waals surface area contributed by atoms with Crippen molar-refractivity contribution in [2.45, 2.75) is 63.0 Å². The van der Waals surface area contributed by atoms with Gasteiger partial charge in [-0.1, -0.05) is 98.1 Å². The Morgan fingerprint density at radius 1 is 0.816 bits per heavy atom. The third-order valence-corrected chi connectivity index (χ3v) is 7.65. The van der Waals surface area contributed by atoms with Crippen LogP contribution in [0.15, 0.2) is 84.9 Å². The Kier molecular flexibility index (Phi) is 7.87. The molecular weight excluding hydrogens is 476 g/mol. The smallest absolute Gasteiger partial charge is 0.327 e. The van der Waals surface area contributed by atoms with Crippen LogP contribution in [-0.2, 0) is 25.7 Å². The van der Waals surface area contributed by atoms with Crippen molar-refractivity contribution in [2.24, 2.45) is 0 Å². The molecule has 2 amide bonds. The Morgan fingerprint density at radius 3 is 2.13 bits per heavy atom. The number of hydrogen-bond acceptors (Lipinski definition) is 4. The lowest BCUT2D eigenvalue weighted by Gasteiger charge is -2.34. The predicted octanol–water partition coefficient (Wildman–Crippen LogP) is 5.51. The molecule has 1 heterocycles. The first-order valence-corrected chi connectivity index (χ1v) is 13.6. The van der Waals surface area contributed by atoms with Crippen molar-refractivity contribution in [2.75, 3.05) is 11.4 Å². The molecule has 1 aliphatic carbocycles. The number of carbonyl (C=O) groups is 3. The van der Waals surface area contributed by atoms with E-state index in [2.05, 4.69) is 5.32 Å². The van der Waals surface area contributed by atoms with Gasteiger partial charge in [0, 0.05) is 12.2 Å². The zero-order chi connectivity index (χ0) is 26.4. The topological polar surface area (TPSA) is 75.7 Å². The molecule has 0 bridgehead atoms. The number of esters is 1. The van der Waals surface area contributed by atoms with E-state index in [0.29, 0.717) is 25.1 Å². The number of amides is 2. The second-order valence-electron chi connectivity index (χ2n) is 10.2. The SMILES string of the molecule is O=C(CN1C(=O)C(c2ccccc2)c2ccccc21)OC1(C(=O)NCc2ccccc2)CCCCCCC1. The van der Waals surface area contributed by atoms with E-state index in [-0.39, 0.29) is 18.4 Å². The lowest BCUT2D eigenvalue weighted by Crippen LogP contribution is -2.51. The molecule has 0 spiro atoms.